The van der Waals surface area contributed by atoms with Gasteiger partial charge >= 0.3 is 0 Å². The Morgan fingerprint density at radius 1 is 0.648 bits per heavy atom. The van der Waals surface area contributed by atoms with Gasteiger partial charge in [-0.1, -0.05) is 166 Å². The van der Waals surface area contributed by atoms with E-state index in [1.807, 2.05) is 6.08 Å². The van der Waals surface area contributed by atoms with Crippen molar-refractivity contribution in [1.82, 2.24) is 5.32 Å². The summed E-state index contributed by atoms with van der Waals surface area (Å²) in [6, 6.07) is -0.980. The predicted molar refractivity (Wildman–Crippen MR) is 218 cm³/mol. The first-order valence-corrected chi connectivity index (χ1v) is 21.8. The molecule has 0 aliphatic carbocycles. The molecule has 1 fully saturated rings. The second-order valence-corrected chi connectivity index (χ2v) is 15.3. The van der Waals surface area contributed by atoms with Gasteiger partial charge in [-0.25, -0.2) is 0 Å². The Hall–Kier alpha value is -1.63. The van der Waals surface area contributed by atoms with E-state index in [0.29, 0.717) is 12.8 Å². The molecule has 54 heavy (non-hydrogen) atoms. The summed E-state index contributed by atoms with van der Waals surface area (Å²) in [6.07, 6.45) is 30.8. The number of ether oxygens (including phenoxy) is 2. The third kappa shape index (κ3) is 24.8. The van der Waals surface area contributed by atoms with Gasteiger partial charge in [0, 0.05) is 0 Å². The maximum absolute atomic E-state index is 13.0. The third-order valence-corrected chi connectivity index (χ3v) is 10.3. The van der Waals surface area contributed by atoms with Crippen LogP contribution in [0.5, 0.6) is 0 Å². The van der Waals surface area contributed by atoms with Crippen LogP contribution in [0.4, 0.5) is 0 Å². The van der Waals surface area contributed by atoms with Gasteiger partial charge in [0.1, 0.15) is 30.5 Å². The molecule has 8 atom stereocenters. The van der Waals surface area contributed by atoms with Crippen molar-refractivity contribution in [1.29, 1.82) is 0 Å². The van der Waals surface area contributed by atoms with Gasteiger partial charge in [0.2, 0.25) is 5.91 Å². The molecule has 1 amide bonds. The minimum Gasteiger partial charge on any atom is -0.394 e. The van der Waals surface area contributed by atoms with Gasteiger partial charge in [-0.3, -0.25) is 4.79 Å². The summed E-state index contributed by atoms with van der Waals surface area (Å²) >= 11 is 0. The first-order valence-electron chi connectivity index (χ1n) is 21.8. The summed E-state index contributed by atoms with van der Waals surface area (Å²) < 4.78 is 11.1. The van der Waals surface area contributed by atoms with Gasteiger partial charge in [0.15, 0.2) is 6.29 Å². The molecule has 316 valence electrons. The zero-order valence-corrected chi connectivity index (χ0v) is 34.1. The lowest BCUT2D eigenvalue weighted by molar-refractivity contribution is -0.302. The Bertz CT molecular complexity index is 958. The zero-order valence-electron chi connectivity index (χ0n) is 34.1. The fourth-order valence-corrected chi connectivity index (χ4v) is 6.68. The number of carbonyl (C=O) groups is 1. The van der Waals surface area contributed by atoms with E-state index < -0.39 is 61.5 Å². The molecule has 0 aromatic heterocycles. The molecule has 1 heterocycles. The van der Waals surface area contributed by atoms with Crippen LogP contribution < -0.4 is 5.32 Å². The molecule has 10 heteroatoms. The van der Waals surface area contributed by atoms with Gasteiger partial charge in [-0.15, -0.1) is 0 Å². The average Bonchev–Trinajstić information content (AvgIpc) is 3.17. The number of aliphatic hydroxyl groups excluding tert-OH is 6. The highest BCUT2D eigenvalue weighted by Gasteiger charge is 2.44. The van der Waals surface area contributed by atoms with E-state index in [4.69, 9.17) is 9.47 Å². The Balaban J connectivity index is 2.42. The number of nitrogens with one attached hydrogen (secondary N) is 1. The van der Waals surface area contributed by atoms with Crippen LogP contribution in [0, 0.1) is 0 Å². The molecule has 0 radical (unpaired) electrons. The number of rotatable bonds is 35. The molecule has 0 spiro atoms. The van der Waals surface area contributed by atoms with E-state index in [1.165, 1.54) is 103 Å². The summed E-state index contributed by atoms with van der Waals surface area (Å²) in [7, 11) is 0. The van der Waals surface area contributed by atoms with Crippen molar-refractivity contribution >= 4 is 5.91 Å². The normalized spacial score (nSPS) is 22.4. The van der Waals surface area contributed by atoms with Crippen molar-refractivity contribution in [3.05, 3.63) is 36.5 Å². The second-order valence-electron chi connectivity index (χ2n) is 15.3. The maximum Gasteiger partial charge on any atom is 0.249 e. The Kier molecular flexibility index (Phi) is 32.3. The SMILES string of the molecule is CCCCC/C=C\C=C/CCCCCCCCCCCC(O)C(=O)NC(COC1OC(CO)C(O)C(O)C1O)C(O)/C=C/CCCCCCCCCCC. The lowest BCUT2D eigenvalue weighted by Crippen LogP contribution is -2.60. The minimum absolute atomic E-state index is 0.304. The quantitative estimate of drug-likeness (QED) is 0.0197. The van der Waals surface area contributed by atoms with E-state index in [2.05, 4.69) is 43.5 Å². The lowest BCUT2D eigenvalue weighted by Gasteiger charge is -2.40. The van der Waals surface area contributed by atoms with Gasteiger partial charge in [-0.2, -0.15) is 0 Å². The highest BCUT2D eigenvalue weighted by molar-refractivity contribution is 5.80. The third-order valence-electron chi connectivity index (χ3n) is 10.3. The number of amides is 1. The van der Waals surface area contributed by atoms with Crippen LogP contribution in [0.1, 0.15) is 174 Å². The number of hydrogen-bond donors (Lipinski definition) is 7. The topological polar surface area (TPSA) is 169 Å². The first-order chi connectivity index (χ1) is 26.3. The van der Waals surface area contributed by atoms with E-state index >= 15 is 0 Å². The lowest BCUT2D eigenvalue weighted by atomic mass is 9.99. The van der Waals surface area contributed by atoms with Crippen LogP contribution in [0.25, 0.3) is 0 Å². The Morgan fingerprint density at radius 3 is 1.65 bits per heavy atom. The standard InChI is InChI=1S/C44H81NO9/c1-3-5-7-9-11-13-15-16-17-18-19-20-21-23-25-27-29-31-33-38(48)43(52)45-36(35-53-44-42(51)41(50)40(49)39(34-46)54-44)37(47)32-30-28-26-24-22-14-12-10-8-6-4-2/h11,13,15-16,30,32,36-42,44,46-51H,3-10,12,14,17-29,31,33-35H2,1-2H3,(H,45,52)/b13-11-,16-15-,32-30+. The van der Waals surface area contributed by atoms with Crippen molar-refractivity contribution in [3.8, 4) is 0 Å². The summed E-state index contributed by atoms with van der Waals surface area (Å²) in [4.78, 5) is 13.0. The summed E-state index contributed by atoms with van der Waals surface area (Å²) in [6.45, 7) is 3.54. The molecule has 1 aliphatic heterocycles. The summed E-state index contributed by atoms with van der Waals surface area (Å²) in [5.74, 6) is -0.623. The van der Waals surface area contributed by atoms with Crippen LogP contribution in [0.15, 0.2) is 36.5 Å². The number of unbranched alkanes of at least 4 members (excludes halogenated alkanes) is 21. The van der Waals surface area contributed by atoms with Crippen LogP contribution in [0.3, 0.4) is 0 Å². The van der Waals surface area contributed by atoms with E-state index in [1.54, 1.807) is 6.08 Å². The van der Waals surface area contributed by atoms with Crippen molar-refractivity contribution in [2.75, 3.05) is 13.2 Å². The monoisotopic (exact) mass is 768 g/mol. The number of carbonyl (C=O) groups excluding carboxylic acids is 1. The van der Waals surface area contributed by atoms with E-state index in [0.717, 1.165) is 44.9 Å². The van der Waals surface area contributed by atoms with Crippen LogP contribution in [-0.4, -0.2) is 98.7 Å². The largest absolute Gasteiger partial charge is 0.394 e. The van der Waals surface area contributed by atoms with Crippen LogP contribution >= 0.6 is 0 Å². The molecule has 8 unspecified atom stereocenters. The molecule has 0 bridgehead atoms. The number of aliphatic hydroxyl groups is 6. The molecule has 10 nitrogen and oxygen atoms in total. The smallest absolute Gasteiger partial charge is 0.249 e. The number of allylic oxidation sites excluding steroid dienone is 5. The van der Waals surface area contributed by atoms with E-state index in [-0.39, 0.29) is 6.61 Å². The van der Waals surface area contributed by atoms with Gasteiger partial charge in [-0.05, 0) is 44.9 Å². The molecule has 7 N–H and O–H groups in total. The predicted octanol–water partition coefficient (Wildman–Crippen LogP) is 7.47. The van der Waals surface area contributed by atoms with Gasteiger partial charge in [0.05, 0.1) is 25.4 Å². The Labute approximate surface area is 328 Å². The maximum atomic E-state index is 13.0. The molecule has 0 aromatic carbocycles. The molecular formula is C44H81NO9. The molecule has 1 aliphatic rings. The van der Waals surface area contributed by atoms with Gasteiger partial charge < -0.3 is 45.4 Å². The van der Waals surface area contributed by atoms with Crippen molar-refractivity contribution in [2.45, 2.75) is 223 Å². The highest BCUT2D eigenvalue weighted by Crippen LogP contribution is 2.22. The highest BCUT2D eigenvalue weighted by atomic mass is 16.7. The molecule has 0 saturated carbocycles. The zero-order chi connectivity index (χ0) is 39.7. The second kappa shape index (κ2) is 34.6. The van der Waals surface area contributed by atoms with Crippen LogP contribution in [-0.2, 0) is 14.3 Å². The van der Waals surface area contributed by atoms with E-state index in [9.17, 15) is 35.4 Å². The molecular weight excluding hydrogens is 686 g/mol. The minimum atomic E-state index is -1.61. The number of hydrogen-bond acceptors (Lipinski definition) is 9. The van der Waals surface area contributed by atoms with Crippen LogP contribution in [0.2, 0.25) is 0 Å². The van der Waals surface area contributed by atoms with Crippen molar-refractivity contribution in [2.24, 2.45) is 0 Å². The molecule has 0 aromatic rings. The average molecular weight is 768 g/mol. The van der Waals surface area contributed by atoms with Crippen molar-refractivity contribution < 1.29 is 44.9 Å². The molecule has 1 saturated heterocycles. The van der Waals surface area contributed by atoms with Crippen molar-refractivity contribution in [3.63, 3.8) is 0 Å². The molecule has 1 rings (SSSR count). The Morgan fingerprint density at radius 2 is 1.11 bits per heavy atom. The fraction of sp³-hybridized carbons (Fsp3) is 0.841. The summed E-state index contributed by atoms with van der Waals surface area (Å²) in [5, 5.41) is 64.5. The summed E-state index contributed by atoms with van der Waals surface area (Å²) in [5.41, 5.74) is 0. The fourth-order valence-electron chi connectivity index (χ4n) is 6.68. The first kappa shape index (κ1) is 50.4. The van der Waals surface area contributed by atoms with Gasteiger partial charge in [0.25, 0.3) is 0 Å².